The zero-order chi connectivity index (χ0) is 9.56. The zero-order valence-corrected chi connectivity index (χ0v) is 8.75. The van der Waals surface area contributed by atoms with E-state index in [1.807, 2.05) is 25.1 Å². The van der Waals surface area contributed by atoms with Crippen molar-refractivity contribution in [3.05, 3.63) is 34.3 Å². The van der Waals surface area contributed by atoms with Crippen LogP contribution in [0.25, 0.3) is 0 Å². The molecule has 0 saturated carbocycles. The number of hydrogen-bond donors (Lipinski definition) is 1. The van der Waals surface area contributed by atoms with Crippen molar-refractivity contribution in [2.24, 2.45) is 5.73 Å². The fraction of sp³-hybridized carbons (Fsp3) is 0.222. The Morgan fingerprint density at radius 1 is 1.42 bits per heavy atom. The molecule has 0 amide bonds. The van der Waals surface area contributed by atoms with Crippen LogP contribution in [-0.4, -0.2) is 12.4 Å². The van der Waals surface area contributed by atoms with E-state index in [0.717, 1.165) is 16.1 Å². The third-order valence-electron chi connectivity index (χ3n) is 1.28. The molecule has 0 aliphatic rings. The number of rotatable bonds is 1. The first-order valence-electron chi connectivity index (χ1n) is 3.53. The Bertz CT molecular complexity index is 261. The van der Waals surface area contributed by atoms with Crippen molar-refractivity contribution in [1.29, 1.82) is 0 Å². The van der Waals surface area contributed by atoms with Crippen LogP contribution in [0.2, 0.25) is 5.02 Å². The van der Waals surface area contributed by atoms with Crippen LogP contribution in [-0.2, 0) is 0 Å². The van der Waals surface area contributed by atoms with Gasteiger partial charge in [-0.05, 0) is 25.6 Å². The minimum Gasteiger partial charge on any atom is -0.333 e. The quantitative estimate of drug-likeness (QED) is 0.707. The normalized spacial score (nSPS) is 8.33. The van der Waals surface area contributed by atoms with E-state index in [9.17, 15) is 0 Å². The molecule has 66 valence electrons. The second kappa shape index (κ2) is 6.12. The third kappa shape index (κ3) is 3.30. The summed E-state index contributed by atoms with van der Waals surface area (Å²) in [5.41, 5.74) is 6.58. The molecule has 0 radical (unpaired) electrons. The Labute approximate surface area is 83.5 Å². The molecular weight excluding hydrogens is 190 g/mol. The van der Waals surface area contributed by atoms with Crippen molar-refractivity contribution in [3.8, 4) is 0 Å². The minimum absolute atomic E-state index is 0.731. The third-order valence-corrected chi connectivity index (χ3v) is 1.86. The first-order valence-corrected chi connectivity index (χ1v) is 4.38. The molecule has 0 spiro atoms. The Morgan fingerprint density at radius 2 is 2.00 bits per heavy atom. The number of nitrogens with two attached hydrogens (primary N) is 1. The van der Waals surface area contributed by atoms with Crippen LogP contribution in [0, 0.1) is 6.92 Å². The molecule has 0 aliphatic heterocycles. The van der Waals surface area contributed by atoms with Gasteiger partial charge >= 0.3 is 0 Å². The fourth-order valence-electron chi connectivity index (χ4n) is 0.728. The summed E-state index contributed by atoms with van der Waals surface area (Å²) < 4.78 is 0. The second-order valence-corrected chi connectivity index (χ2v) is 2.79. The second-order valence-electron chi connectivity index (χ2n) is 2.14. The average molecular weight is 202 g/mol. The van der Waals surface area contributed by atoms with Crippen LogP contribution in [0.1, 0.15) is 11.1 Å². The van der Waals surface area contributed by atoms with Crippen LogP contribution >= 0.6 is 23.8 Å². The Morgan fingerprint density at radius 3 is 2.42 bits per heavy atom. The molecule has 0 saturated heterocycles. The van der Waals surface area contributed by atoms with Gasteiger partial charge in [0, 0.05) is 16.0 Å². The molecular formula is C9H12ClNS. The van der Waals surface area contributed by atoms with Gasteiger partial charge in [0.1, 0.15) is 0 Å². The number of aryl methyl sites for hydroxylation is 1. The van der Waals surface area contributed by atoms with Gasteiger partial charge in [0.2, 0.25) is 0 Å². The highest BCUT2D eigenvalue weighted by molar-refractivity contribution is 7.79. The van der Waals surface area contributed by atoms with Gasteiger partial charge in [-0.1, -0.05) is 36.0 Å². The smallest absolute Gasteiger partial charge is 0.0489 e. The number of thiocarbonyl (C=S) groups is 1. The van der Waals surface area contributed by atoms with Gasteiger partial charge in [0.15, 0.2) is 0 Å². The van der Waals surface area contributed by atoms with Crippen molar-refractivity contribution >= 4 is 29.2 Å². The Kier molecular flexibility index (Phi) is 5.89. The monoisotopic (exact) mass is 201 g/mol. The van der Waals surface area contributed by atoms with Crippen molar-refractivity contribution in [3.63, 3.8) is 0 Å². The van der Waals surface area contributed by atoms with E-state index in [0.29, 0.717) is 0 Å². The number of halogens is 1. The number of benzene rings is 1. The van der Waals surface area contributed by atoms with Crippen LogP contribution in [0.4, 0.5) is 0 Å². The molecule has 2 N–H and O–H groups in total. The van der Waals surface area contributed by atoms with Gasteiger partial charge in [-0.15, -0.1) is 0 Å². The Hall–Kier alpha value is -0.440. The van der Waals surface area contributed by atoms with Gasteiger partial charge in [-0.25, -0.2) is 0 Å². The maximum atomic E-state index is 5.83. The highest BCUT2D eigenvalue weighted by Crippen LogP contribution is 2.15. The van der Waals surface area contributed by atoms with Crippen LogP contribution in [0.15, 0.2) is 18.2 Å². The van der Waals surface area contributed by atoms with Gasteiger partial charge in [-0.3, -0.25) is 0 Å². The average Bonchev–Trinajstić information content (AvgIpc) is 2.08. The van der Waals surface area contributed by atoms with E-state index in [1.54, 1.807) is 5.37 Å². The van der Waals surface area contributed by atoms with E-state index in [4.69, 9.17) is 23.8 Å². The lowest BCUT2D eigenvalue weighted by Crippen LogP contribution is -1.80. The van der Waals surface area contributed by atoms with E-state index in [2.05, 4.69) is 5.73 Å². The first-order chi connectivity index (χ1) is 5.74. The molecule has 0 fully saturated rings. The first kappa shape index (κ1) is 11.6. The van der Waals surface area contributed by atoms with Crippen LogP contribution in [0.3, 0.4) is 0 Å². The summed E-state index contributed by atoms with van der Waals surface area (Å²) in [5, 5.41) is 2.32. The summed E-state index contributed by atoms with van der Waals surface area (Å²) in [7, 11) is 1.50. The van der Waals surface area contributed by atoms with Crippen molar-refractivity contribution < 1.29 is 0 Å². The van der Waals surface area contributed by atoms with E-state index >= 15 is 0 Å². The molecule has 12 heavy (non-hydrogen) atoms. The molecule has 3 heteroatoms. The molecule has 1 nitrogen and oxygen atoms in total. The topological polar surface area (TPSA) is 26.0 Å². The molecule has 1 rings (SSSR count). The van der Waals surface area contributed by atoms with Gasteiger partial charge in [-0.2, -0.15) is 0 Å². The van der Waals surface area contributed by atoms with Crippen molar-refractivity contribution in [1.82, 2.24) is 0 Å². The summed E-state index contributed by atoms with van der Waals surface area (Å²) in [5.74, 6) is 0. The maximum Gasteiger partial charge on any atom is 0.0489 e. The summed E-state index contributed by atoms with van der Waals surface area (Å²) in [6.45, 7) is 2.00. The molecule has 0 aromatic heterocycles. The largest absolute Gasteiger partial charge is 0.333 e. The predicted octanol–water partition coefficient (Wildman–Crippen LogP) is 2.57. The summed E-state index contributed by atoms with van der Waals surface area (Å²) in [6, 6.07) is 5.81. The lowest BCUT2D eigenvalue weighted by molar-refractivity contribution is 1.47. The summed E-state index contributed by atoms with van der Waals surface area (Å²) >= 11 is 10.6. The van der Waals surface area contributed by atoms with Crippen LogP contribution in [0.5, 0.6) is 0 Å². The summed E-state index contributed by atoms with van der Waals surface area (Å²) in [4.78, 5) is 0. The van der Waals surface area contributed by atoms with Gasteiger partial charge in [0.25, 0.3) is 0 Å². The van der Waals surface area contributed by atoms with Gasteiger partial charge < -0.3 is 5.73 Å². The van der Waals surface area contributed by atoms with Crippen molar-refractivity contribution in [2.75, 3.05) is 7.05 Å². The molecule has 0 heterocycles. The van der Waals surface area contributed by atoms with E-state index < -0.39 is 0 Å². The molecule has 0 atom stereocenters. The molecule has 0 aliphatic carbocycles. The molecule has 1 aromatic carbocycles. The fourth-order valence-corrected chi connectivity index (χ4v) is 1.29. The summed E-state index contributed by atoms with van der Waals surface area (Å²) in [6.07, 6.45) is 0. The standard InChI is InChI=1S/C8H7ClS.CH5N/c1-6-2-3-7(5-10)8(9)4-6;1-2/h2-5H,1H3;2H2,1H3. The Balaban J connectivity index is 0.000000561. The minimum atomic E-state index is 0.731. The lowest BCUT2D eigenvalue weighted by atomic mass is 10.2. The zero-order valence-electron chi connectivity index (χ0n) is 7.17. The molecule has 0 unspecified atom stereocenters. The predicted molar refractivity (Wildman–Crippen MR) is 59.1 cm³/mol. The lowest BCUT2D eigenvalue weighted by Gasteiger charge is -1.96. The molecule has 1 aromatic rings. The SMILES string of the molecule is CN.Cc1ccc(C=S)c(Cl)c1. The highest BCUT2D eigenvalue weighted by Gasteiger charge is 1.94. The number of hydrogen-bond acceptors (Lipinski definition) is 2. The van der Waals surface area contributed by atoms with Crippen LogP contribution < -0.4 is 5.73 Å². The highest BCUT2D eigenvalue weighted by atomic mass is 35.5. The van der Waals surface area contributed by atoms with Gasteiger partial charge in [0.05, 0.1) is 0 Å². The van der Waals surface area contributed by atoms with E-state index in [1.165, 1.54) is 7.05 Å². The molecule has 0 bridgehead atoms. The van der Waals surface area contributed by atoms with E-state index in [-0.39, 0.29) is 0 Å². The maximum absolute atomic E-state index is 5.83. The van der Waals surface area contributed by atoms with Crippen molar-refractivity contribution in [2.45, 2.75) is 6.92 Å².